The summed E-state index contributed by atoms with van der Waals surface area (Å²) in [6.45, 7) is 7.86. The number of nitrogens with two attached hydrogens (primary N) is 1. The SMILES string of the molecule is CCC1CC2C=CC1CC(O)CCCN=C(N)NCCC1CCCC3CC#COc4ccc(cc4OC31)C1Oc3cc(OC)c4c(c3CC1O)C2Cc1cc(O)c(CC(C)C)cc1-4. The minimum absolute atomic E-state index is 0.0501. The van der Waals surface area contributed by atoms with Crippen molar-refractivity contribution in [2.75, 3.05) is 20.2 Å². The molecule has 0 spiro atoms. The largest absolute Gasteiger partial charge is 0.508 e. The summed E-state index contributed by atoms with van der Waals surface area (Å²) in [7, 11) is 1.73. The molecule has 0 amide bonds. The van der Waals surface area contributed by atoms with Crippen LogP contribution in [0.4, 0.5) is 0 Å². The molecule has 5 aliphatic heterocycles. The molecule has 11 rings (SSSR count). The van der Waals surface area contributed by atoms with Crippen molar-refractivity contribution in [1.29, 1.82) is 0 Å². The van der Waals surface area contributed by atoms with Gasteiger partial charge in [0.1, 0.15) is 35.6 Å². The molecule has 336 valence electrons. The Bertz CT molecular complexity index is 2280. The van der Waals surface area contributed by atoms with Crippen LogP contribution in [0.15, 0.2) is 53.5 Å². The number of aliphatic hydroxyl groups excluding tert-OH is 2. The summed E-state index contributed by atoms with van der Waals surface area (Å²) in [6.07, 6.45) is 16.4. The van der Waals surface area contributed by atoms with E-state index in [2.05, 4.69) is 61.3 Å². The number of phenols is 1. The van der Waals surface area contributed by atoms with Crippen LogP contribution in [0.3, 0.4) is 0 Å². The molecule has 0 aromatic heterocycles. The van der Waals surface area contributed by atoms with Crippen LogP contribution in [-0.2, 0) is 19.3 Å². The Morgan fingerprint density at radius 2 is 1.78 bits per heavy atom. The Balaban J connectivity index is 1.15. The molecule has 10 unspecified atom stereocenters. The van der Waals surface area contributed by atoms with Gasteiger partial charge in [-0.15, -0.1) is 0 Å². The first-order valence-electron chi connectivity index (χ1n) is 23.9. The zero-order valence-corrected chi connectivity index (χ0v) is 37.6. The third kappa shape index (κ3) is 8.98. The number of nitrogens with zero attached hydrogens (tertiary/aromatic N) is 1. The average molecular weight is 858 g/mol. The molecule has 10 nitrogen and oxygen atoms in total. The van der Waals surface area contributed by atoms with Crippen molar-refractivity contribution in [2.45, 2.75) is 135 Å². The van der Waals surface area contributed by atoms with Gasteiger partial charge in [-0.2, -0.15) is 0 Å². The molecule has 0 radical (unpaired) electrons. The highest BCUT2D eigenvalue weighted by Gasteiger charge is 2.43. The normalized spacial score (nSPS) is 30.2. The van der Waals surface area contributed by atoms with Crippen molar-refractivity contribution in [3.63, 3.8) is 0 Å². The molecule has 3 aliphatic carbocycles. The van der Waals surface area contributed by atoms with Crippen molar-refractivity contribution < 1.29 is 34.3 Å². The molecule has 5 heterocycles. The minimum Gasteiger partial charge on any atom is -0.508 e. The number of aliphatic imine (C=N–C) groups is 1. The number of hydrogen-bond donors (Lipinski definition) is 5. The highest BCUT2D eigenvalue weighted by molar-refractivity contribution is 5.84. The third-order valence-electron chi connectivity index (χ3n) is 15.1. The summed E-state index contributed by atoms with van der Waals surface area (Å²) in [5.41, 5.74) is 13.5. The maximum Gasteiger partial charge on any atom is 0.188 e. The van der Waals surface area contributed by atoms with E-state index in [1.165, 1.54) is 5.56 Å². The van der Waals surface area contributed by atoms with Gasteiger partial charge in [-0.1, -0.05) is 57.8 Å². The van der Waals surface area contributed by atoms with Gasteiger partial charge < -0.3 is 45.3 Å². The number of ether oxygens (including phenoxy) is 4. The van der Waals surface area contributed by atoms with Crippen LogP contribution in [0.25, 0.3) is 11.1 Å². The predicted molar refractivity (Wildman–Crippen MR) is 246 cm³/mol. The van der Waals surface area contributed by atoms with Crippen LogP contribution >= 0.6 is 0 Å². The van der Waals surface area contributed by atoms with Gasteiger partial charge in [0.05, 0.1) is 19.3 Å². The monoisotopic (exact) mass is 857 g/mol. The van der Waals surface area contributed by atoms with Gasteiger partial charge in [-0.05, 0) is 145 Å². The first-order chi connectivity index (χ1) is 30.6. The maximum atomic E-state index is 12.3. The van der Waals surface area contributed by atoms with Gasteiger partial charge in [0.15, 0.2) is 17.5 Å². The Hall–Kier alpha value is -4.85. The van der Waals surface area contributed by atoms with Crippen molar-refractivity contribution in [3.8, 4) is 51.9 Å². The number of hydrogen-bond acceptors (Lipinski definition) is 10. The van der Waals surface area contributed by atoms with E-state index in [1.807, 2.05) is 30.3 Å². The van der Waals surface area contributed by atoms with Gasteiger partial charge in [0, 0.05) is 49.0 Å². The van der Waals surface area contributed by atoms with E-state index >= 15 is 0 Å². The molecule has 1 saturated carbocycles. The number of methoxy groups -OCH3 is 1. The lowest BCUT2D eigenvalue weighted by molar-refractivity contribution is 0.0188. The zero-order chi connectivity index (χ0) is 43.8. The summed E-state index contributed by atoms with van der Waals surface area (Å²) < 4.78 is 26.3. The fraction of sp³-hybridized carbons (Fsp3) is 0.566. The number of nitrogens with one attached hydrogen (secondary N) is 1. The molecule has 0 saturated heterocycles. The number of fused-ring (bicyclic) bond motifs is 2. The second-order valence-corrected chi connectivity index (χ2v) is 19.7. The van der Waals surface area contributed by atoms with Crippen LogP contribution in [0.1, 0.15) is 125 Å². The molecule has 63 heavy (non-hydrogen) atoms. The van der Waals surface area contributed by atoms with Gasteiger partial charge in [0.2, 0.25) is 0 Å². The molecular formula is C53H67N3O7. The second kappa shape index (κ2) is 18.7. The van der Waals surface area contributed by atoms with Crippen molar-refractivity contribution in [1.82, 2.24) is 5.32 Å². The standard InChI is InChI=1S/C53H67N3O7/c1-5-31-22-35-14-13-34(31)23-39(57)12-7-18-55-53(54)56-19-17-33-10-6-9-32-11-8-20-61-45-16-15-36(27-47(45)63-51(32)33)52-44(59)28-42-46(62-52)29-48(60-4)50-41-25-38(21-30(2)3)43(58)26-37(41)24-40(35)49(42)50/h13-16,25-27,29-35,39-40,44,51-52,57-59H,5-7,9-12,17-19,21-24,28H2,1-4H3,(H3,54,55,56). The van der Waals surface area contributed by atoms with E-state index in [-0.39, 0.29) is 35.7 Å². The summed E-state index contributed by atoms with van der Waals surface area (Å²) in [4.78, 5) is 4.62. The van der Waals surface area contributed by atoms with Crippen molar-refractivity contribution in [3.05, 3.63) is 76.4 Å². The lowest BCUT2D eigenvalue weighted by Crippen LogP contribution is -2.41. The summed E-state index contributed by atoms with van der Waals surface area (Å²) in [6, 6.07) is 12.0. The molecule has 3 aromatic rings. The van der Waals surface area contributed by atoms with Gasteiger partial charge in [-0.25, -0.2) is 0 Å². The predicted octanol–water partition coefficient (Wildman–Crippen LogP) is 8.91. The fourth-order valence-electron chi connectivity index (χ4n) is 11.9. The Morgan fingerprint density at radius 1 is 0.937 bits per heavy atom. The quantitative estimate of drug-likeness (QED) is 0.128. The van der Waals surface area contributed by atoms with Crippen LogP contribution in [0.5, 0.6) is 28.7 Å². The topological polar surface area (TPSA) is 148 Å². The van der Waals surface area contributed by atoms with Crippen LogP contribution < -0.4 is 30.0 Å². The molecule has 6 N–H and O–H groups in total. The highest BCUT2D eigenvalue weighted by atomic mass is 16.5. The number of aliphatic hydroxyl groups is 2. The summed E-state index contributed by atoms with van der Waals surface area (Å²) in [5.74, 6) is 8.45. The molecular weight excluding hydrogens is 791 g/mol. The number of phenolic OH excluding ortho intramolecular Hbond substituents is 1. The maximum absolute atomic E-state index is 12.3. The molecule has 10 heteroatoms. The third-order valence-corrected chi connectivity index (χ3v) is 15.1. The summed E-state index contributed by atoms with van der Waals surface area (Å²) >= 11 is 0. The van der Waals surface area contributed by atoms with Gasteiger partial charge in [-0.3, -0.25) is 4.99 Å². The first kappa shape index (κ1) is 43.4. The fourth-order valence-corrected chi connectivity index (χ4v) is 11.9. The van der Waals surface area contributed by atoms with E-state index in [4.69, 9.17) is 24.7 Å². The Kier molecular flexibility index (Phi) is 12.9. The summed E-state index contributed by atoms with van der Waals surface area (Å²) in [5, 5.41) is 38.4. The van der Waals surface area contributed by atoms with Crippen molar-refractivity contribution >= 4 is 5.96 Å². The van der Waals surface area contributed by atoms with Gasteiger partial charge >= 0.3 is 0 Å². The number of allylic oxidation sites excluding steroid dienone is 2. The number of aromatic hydroxyl groups is 1. The number of guanidine groups is 1. The number of rotatable bonds is 4. The Morgan fingerprint density at radius 3 is 2.60 bits per heavy atom. The smallest absolute Gasteiger partial charge is 0.188 e. The van der Waals surface area contributed by atoms with E-state index < -0.39 is 18.3 Å². The second-order valence-electron chi connectivity index (χ2n) is 19.7. The van der Waals surface area contributed by atoms with E-state index in [9.17, 15) is 15.3 Å². The Labute approximate surface area is 373 Å². The first-order valence-corrected chi connectivity index (χ1v) is 23.9. The lowest BCUT2D eigenvalue weighted by Gasteiger charge is -2.42. The molecule has 9 bridgehead atoms. The zero-order valence-electron chi connectivity index (χ0n) is 37.6. The molecule has 3 aromatic carbocycles. The molecule has 10 atom stereocenters. The van der Waals surface area contributed by atoms with Crippen LogP contribution in [0.2, 0.25) is 0 Å². The van der Waals surface area contributed by atoms with E-state index in [0.29, 0.717) is 73.8 Å². The molecule has 8 aliphatic rings. The minimum atomic E-state index is -0.841. The van der Waals surface area contributed by atoms with E-state index in [1.54, 1.807) is 7.11 Å². The van der Waals surface area contributed by atoms with Crippen LogP contribution in [0, 0.1) is 47.5 Å². The van der Waals surface area contributed by atoms with Crippen molar-refractivity contribution in [2.24, 2.45) is 46.2 Å². The molecule has 1 fully saturated rings. The number of benzene rings is 3. The highest BCUT2D eigenvalue weighted by Crippen LogP contribution is 2.56. The average Bonchev–Trinajstić information content (AvgIpc) is 3.36. The van der Waals surface area contributed by atoms with Gasteiger partial charge in [0.25, 0.3) is 0 Å². The van der Waals surface area contributed by atoms with E-state index in [0.717, 1.165) is 103 Å². The lowest BCUT2D eigenvalue weighted by atomic mass is 9.64. The van der Waals surface area contributed by atoms with Crippen LogP contribution in [-0.4, -0.2) is 59.8 Å².